The number of fused-ring (bicyclic) bond motifs is 1. The van der Waals surface area contributed by atoms with Crippen LogP contribution < -0.4 is 4.74 Å². The van der Waals surface area contributed by atoms with E-state index in [1.54, 1.807) is 36.4 Å². The van der Waals surface area contributed by atoms with E-state index in [1.807, 2.05) is 30.3 Å². The molecule has 0 saturated carbocycles. The van der Waals surface area contributed by atoms with E-state index in [9.17, 15) is 9.59 Å². The zero-order valence-corrected chi connectivity index (χ0v) is 13.2. The van der Waals surface area contributed by atoms with Crippen LogP contribution in [-0.2, 0) is 4.74 Å². The predicted octanol–water partition coefficient (Wildman–Crippen LogP) is 3.89. The molecule has 0 bridgehead atoms. The first-order chi connectivity index (χ1) is 11.7. The minimum atomic E-state index is -0.582. The highest BCUT2D eigenvalue weighted by molar-refractivity contribution is 6.01. The first-order valence-corrected chi connectivity index (χ1v) is 7.51. The third-order valence-electron chi connectivity index (χ3n) is 3.72. The zero-order chi connectivity index (χ0) is 16.9. The van der Waals surface area contributed by atoms with Crippen molar-refractivity contribution in [2.24, 2.45) is 0 Å². The van der Waals surface area contributed by atoms with E-state index in [-0.39, 0.29) is 12.4 Å². The van der Waals surface area contributed by atoms with Crippen molar-refractivity contribution in [1.82, 2.24) is 0 Å². The van der Waals surface area contributed by atoms with Gasteiger partial charge in [-0.15, -0.1) is 0 Å². The number of esters is 1. The molecule has 0 amide bonds. The van der Waals surface area contributed by atoms with E-state index >= 15 is 0 Å². The number of ether oxygens (including phenoxy) is 2. The van der Waals surface area contributed by atoms with Gasteiger partial charge in [0.1, 0.15) is 11.3 Å². The van der Waals surface area contributed by atoms with E-state index < -0.39 is 5.97 Å². The van der Waals surface area contributed by atoms with Crippen molar-refractivity contribution in [2.45, 2.75) is 0 Å². The second kappa shape index (κ2) is 6.96. The average Bonchev–Trinajstić information content (AvgIpc) is 2.65. The molecule has 3 aromatic rings. The Morgan fingerprint density at radius 3 is 2.17 bits per heavy atom. The fourth-order valence-electron chi connectivity index (χ4n) is 2.46. The Kier molecular flexibility index (Phi) is 4.57. The first kappa shape index (κ1) is 15.7. The topological polar surface area (TPSA) is 52.6 Å². The van der Waals surface area contributed by atoms with Crippen molar-refractivity contribution >= 4 is 22.5 Å². The van der Waals surface area contributed by atoms with Gasteiger partial charge in [-0.25, -0.2) is 4.79 Å². The summed E-state index contributed by atoms with van der Waals surface area (Å²) in [4.78, 5) is 24.4. The quantitative estimate of drug-likeness (QED) is 0.529. The Bertz CT molecular complexity index is 885. The zero-order valence-electron chi connectivity index (χ0n) is 13.2. The van der Waals surface area contributed by atoms with Crippen LogP contribution in [0.5, 0.6) is 5.75 Å². The van der Waals surface area contributed by atoms with Gasteiger partial charge in [0.15, 0.2) is 12.4 Å². The lowest BCUT2D eigenvalue weighted by Gasteiger charge is -2.10. The summed E-state index contributed by atoms with van der Waals surface area (Å²) in [5, 5.41) is 1.87. The molecule has 0 saturated heterocycles. The predicted molar refractivity (Wildman–Crippen MR) is 91.6 cm³/mol. The third kappa shape index (κ3) is 3.27. The van der Waals surface area contributed by atoms with E-state index in [2.05, 4.69) is 0 Å². The van der Waals surface area contributed by atoms with E-state index in [0.717, 1.165) is 10.8 Å². The van der Waals surface area contributed by atoms with Gasteiger partial charge in [0.2, 0.25) is 0 Å². The fourth-order valence-corrected chi connectivity index (χ4v) is 2.46. The van der Waals surface area contributed by atoms with Gasteiger partial charge >= 0.3 is 5.97 Å². The molecule has 3 rings (SSSR count). The highest BCUT2D eigenvalue weighted by Crippen LogP contribution is 2.26. The minimum Gasteiger partial charge on any atom is -0.496 e. The number of benzene rings is 3. The fraction of sp³-hybridized carbons (Fsp3) is 0.100. The lowest BCUT2D eigenvalue weighted by molar-refractivity contribution is 0.0472. The maximum absolute atomic E-state index is 12.3. The summed E-state index contributed by atoms with van der Waals surface area (Å²) in [6, 6.07) is 19.9. The maximum Gasteiger partial charge on any atom is 0.342 e. The molecule has 0 unspecified atom stereocenters. The Morgan fingerprint density at radius 1 is 0.875 bits per heavy atom. The molecule has 120 valence electrons. The average molecular weight is 320 g/mol. The summed E-state index contributed by atoms with van der Waals surface area (Å²) in [7, 11) is 1.50. The summed E-state index contributed by atoms with van der Waals surface area (Å²) in [6.07, 6.45) is 0. The molecule has 0 aliphatic carbocycles. The van der Waals surface area contributed by atoms with E-state index in [1.165, 1.54) is 7.11 Å². The molecular weight excluding hydrogens is 304 g/mol. The van der Waals surface area contributed by atoms with E-state index in [0.29, 0.717) is 16.9 Å². The van der Waals surface area contributed by atoms with Gasteiger partial charge in [-0.2, -0.15) is 0 Å². The molecule has 24 heavy (non-hydrogen) atoms. The van der Waals surface area contributed by atoms with Gasteiger partial charge < -0.3 is 9.47 Å². The van der Waals surface area contributed by atoms with Gasteiger partial charge in [-0.1, -0.05) is 54.6 Å². The molecule has 0 heterocycles. The lowest BCUT2D eigenvalue weighted by Crippen LogP contribution is -2.15. The Morgan fingerprint density at radius 2 is 1.50 bits per heavy atom. The molecule has 0 aliphatic rings. The summed E-state index contributed by atoms with van der Waals surface area (Å²) in [5.74, 6) is -0.406. The van der Waals surface area contributed by atoms with Crippen LogP contribution in [0.3, 0.4) is 0 Å². The normalized spacial score (nSPS) is 10.4. The number of hydrogen-bond acceptors (Lipinski definition) is 4. The molecule has 0 radical (unpaired) electrons. The molecule has 0 spiro atoms. The number of methoxy groups -OCH3 is 1. The van der Waals surface area contributed by atoms with Crippen LogP contribution >= 0.6 is 0 Å². The van der Waals surface area contributed by atoms with E-state index in [4.69, 9.17) is 9.47 Å². The highest BCUT2D eigenvalue weighted by atomic mass is 16.5. The van der Waals surface area contributed by atoms with Crippen LogP contribution in [0.25, 0.3) is 10.8 Å². The first-order valence-electron chi connectivity index (χ1n) is 7.51. The molecule has 0 fully saturated rings. The van der Waals surface area contributed by atoms with Crippen LogP contribution in [0.1, 0.15) is 20.7 Å². The van der Waals surface area contributed by atoms with Crippen LogP contribution in [0.15, 0.2) is 66.7 Å². The van der Waals surface area contributed by atoms with Crippen molar-refractivity contribution < 1.29 is 19.1 Å². The van der Waals surface area contributed by atoms with Crippen LogP contribution in [0, 0.1) is 0 Å². The van der Waals surface area contributed by atoms with Crippen LogP contribution in [0.2, 0.25) is 0 Å². The minimum absolute atomic E-state index is 0.247. The van der Waals surface area contributed by atoms with Crippen LogP contribution in [0.4, 0.5) is 0 Å². The lowest BCUT2D eigenvalue weighted by atomic mass is 10.1. The number of rotatable bonds is 5. The number of carbonyl (C=O) groups is 2. The van der Waals surface area contributed by atoms with Gasteiger partial charge in [0.25, 0.3) is 0 Å². The van der Waals surface area contributed by atoms with Crippen molar-refractivity contribution in [3.8, 4) is 5.75 Å². The van der Waals surface area contributed by atoms with Crippen molar-refractivity contribution in [2.75, 3.05) is 13.7 Å². The number of ketones is 1. The van der Waals surface area contributed by atoms with Crippen molar-refractivity contribution in [3.63, 3.8) is 0 Å². The summed E-state index contributed by atoms with van der Waals surface area (Å²) in [6.45, 7) is -0.307. The highest BCUT2D eigenvalue weighted by Gasteiger charge is 2.17. The molecule has 4 nitrogen and oxygen atoms in total. The molecule has 3 aromatic carbocycles. The summed E-state index contributed by atoms with van der Waals surface area (Å²) >= 11 is 0. The smallest absolute Gasteiger partial charge is 0.342 e. The molecule has 0 aliphatic heterocycles. The van der Waals surface area contributed by atoms with Gasteiger partial charge in [0.05, 0.1) is 7.11 Å². The maximum atomic E-state index is 12.3. The van der Waals surface area contributed by atoms with Gasteiger partial charge in [-0.05, 0) is 22.9 Å². The van der Waals surface area contributed by atoms with Crippen molar-refractivity contribution in [1.29, 1.82) is 0 Å². The summed E-state index contributed by atoms with van der Waals surface area (Å²) < 4.78 is 10.4. The standard InChI is InChI=1S/C20H16O4/c1-23-19-12-16-10-6-5-9-15(16)11-17(19)20(22)24-13-18(21)14-7-3-2-4-8-14/h2-12H,13H2,1H3. The second-order valence-corrected chi connectivity index (χ2v) is 5.26. The Balaban J connectivity index is 1.79. The monoisotopic (exact) mass is 320 g/mol. The third-order valence-corrected chi connectivity index (χ3v) is 3.72. The Hall–Kier alpha value is -3.14. The molecule has 0 N–H and O–H groups in total. The van der Waals surface area contributed by atoms with Crippen molar-refractivity contribution in [3.05, 3.63) is 77.9 Å². The summed E-state index contributed by atoms with van der Waals surface area (Å²) in [5.41, 5.74) is 0.813. The van der Waals surface area contributed by atoms with Gasteiger partial charge in [-0.3, -0.25) is 4.79 Å². The molecule has 0 aromatic heterocycles. The van der Waals surface area contributed by atoms with Gasteiger partial charge in [0, 0.05) is 5.56 Å². The SMILES string of the molecule is COc1cc2ccccc2cc1C(=O)OCC(=O)c1ccccc1. The molecular formula is C20H16O4. The number of Topliss-reactive ketones (excluding diaryl/α,β-unsaturated/α-hetero) is 1. The number of hydrogen-bond donors (Lipinski definition) is 0. The van der Waals surface area contributed by atoms with Crippen LogP contribution in [-0.4, -0.2) is 25.5 Å². The molecule has 4 heteroatoms. The number of carbonyl (C=O) groups excluding carboxylic acids is 2. The largest absolute Gasteiger partial charge is 0.496 e. The second-order valence-electron chi connectivity index (χ2n) is 5.26. The Labute approximate surface area is 139 Å². The molecule has 0 atom stereocenters.